The Balaban J connectivity index is 1.56. The zero-order valence-corrected chi connectivity index (χ0v) is 17.0. The van der Waals surface area contributed by atoms with E-state index in [1.807, 2.05) is 55.5 Å². The van der Waals surface area contributed by atoms with Crippen molar-refractivity contribution in [2.45, 2.75) is 19.4 Å². The maximum atomic E-state index is 13.1. The van der Waals surface area contributed by atoms with Gasteiger partial charge in [-0.1, -0.05) is 30.3 Å². The van der Waals surface area contributed by atoms with E-state index in [1.165, 1.54) is 16.2 Å². The van der Waals surface area contributed by atoms with Gasteiger partial charge in [-0.3, -0.25) is 14.4 Å². The summed E-state index contributed by atoms with van der Waals surface area (Å²) in [6, 6.07) is 16.6. The predicted octanol–water partition coefficient (Wildman–Crippen LogP) is 3.74. The monoisotopic (exact) mass is 407 g/mol. The van der Waals surface area contributed by atoms with Gasteiger partial charge in [0.2, 0.25) is 11.8 Å². The quantitative estimate of drug-likeness (QED) is 0.719. The van der Waals surface area contributed by atoms with E-state index >= 15 is 0 Å². The van der Waals surface area contributed by atoms with E-state index in [0.29, 0.717) is 16.3 Å². The highest BCUT2D eigenvalue weighted by molar-refractivity contribution is 7.20. The summed E-state index contributed by atoms with van der Waals surface area (Å²) in [7, 11) is 1.63. The number of carbonyl (C=O) groups is 3. The first-order valence-corrected chi connectivity index (χ1v) is 10.2. The number of amides is 3. The van der Waals surface area contributed by atoms with E-state index in [4.69, 9.17) is 0 Å². The van der Waals surface area contributed by atoms with Crippen LogP contribution in [0, 0.1) is 0 Å². The van der Waals surface area contributed by atoms with Crippen LogP contribution in [0.2, 0.25) is 0 Å². The van der Waals surface area contributed by atoms with E-state index in [-0.39, 0.29) is 36.7 Å². The van der Waals surface area contributed by atoms with Crippen LogP contribution >= 0.6 is 11.3 Å². The molecule has 7 heteroatoms. The molecule has 29 heavy (non-hydrogen) atoms. The van der Waals surface area contributed by atoms with Crippen molar-refractivity contribution in [3.8, 4) is 0 Å². The van der Waals surface area contributed by atoms with Gasteiger partial charge in [0.25, 0.3) is 5.91 Å². The highest BCUT2D eigenvalue weighted by Crippen LogP contribution is 2.31. The molecule has 0 aliphatic carbocycles. The summed E-state index contributed by atoms with van der Waals surface area (Å²) in [6.45, 7) is 1.77. The second-order valence-electron chi connectivity index (χ2n) is 7.19. The van der Waals surface area contributed by atoms with E-state index in [1.54, 1.807) is 18.0 Å². The van der Waals surface area contributed by atoms with Crippen molar-refractivity contribution in [3.63, 3.8) is 0 Å². The van der Waals surface area contributed by atoms with Gasteiger partial charge in [-0.25, -0.2) is 0 Å². The highest BCUT2D eigenvalue weighted by Gasteiger charge is 2.30. The van der Waals surface area contributed by atoms with Crippen LogP contribution in [0.4, 0.5) is 11.4 Å². The number of benzene rings is 2. The summed E-state index contributed by atoms with van der Waals surface area (Å²) in [5, 5.41) is 3.86. The Morgan fingerprint density at radius 3 is 2.69 bits per heavy atom. The van der Waals surface area contributed by atoms with E-state index in [9.17, 15) is 14.4 Å². The minimum absolute atomic E-state index is 0.0695. The smallest absolute Gasteiger partial charge is 0.264 e. The van der Waals surface area contributed by atoms with Gasteiger partial charge in [-0.05, 0) is 36.6 Å². The number of rotatable bonds is 3. The summed E-state index contributed by atoms with van der Waals surface area (Å²) in [6.07, 6.45) is 0.203. The van der Waals surface area contributed by atoms with Crippen LogP contribution in [-0.4, -0.2) is 42.3 Å². The standard InChI is InChI=1S/C22H21N3O3S/c1-14-11-20(26)23-16-8-4-5-9-17(16)25(14)21(27)13-24(2)22(28)19-12-15-7-3-6-10-18(15)29-19/h3-10,12,14H,11,13H2,1-2H3,(H,23,26). The molecule has 0 bridgehead atoms. The number of hydrogen-bond acceptors (Lipinski definition) is 4. The molecule has 3 amide bonds. The van der Waals surface area contributed by atoms with Crippen molar-refractivity contribution < 1.29 is 14.4 Å². The number of anilines is 2. The largest absolute Gasteiger partial charge is 0.332 e. The summed E-state index contributed by atoms with van der Waals surface area (Å²) < 4.78 is 1.04. The molecule has 0 radical (unpaired) electrons. The third-order valence-electron chi connectivity index (χ3n) is 4.98. The van der Waals surface area contributed by atoms with Gasteiger partial charge in [0.15, 0.2) is 0 Å². The van der Waals surface area contributed by atoms with Crippen molar-refractivity contribution in [1.82, 2.24) is 4.90 Å². The zero-order chi connectivity index (χ0) is 20.5. The minimum atomic E-state index is -0.307. The molecule has 0 spiro atoms. The van der Waals surface area contributed by atoms with Crippen molar-refractivity contribution in [1.29, 1.82) is 0 Å². The average Bonchev–Trinajstić information content (AvgIpc) is 3.07. The fourth-order valence-corrected chi connectivity index (χ4v) is 4.65. The topological polar surface area (TPSA) is 69.7 Å². The molecule has 1 aliphatic heterocycles. The zero-order valence-electron chi connectivity index (χ0n) is 16.2. The molecule has 6 nitrogen and oxygen atoms in total. The van der Waals surface area contributed by atoms with E-state index in [0.717, 1.165) is 10.1 Å². The molecule has 0 fully saturated rings. The second-order valence-corrected chi connectivity index (χ2v) is 8.28. The molecule has 148 valence electrons. The summed E-state index contributed by atoms with van der Waals surface area (Å²) in [5.74, 6) is -0.544. The summed E-state index contributed by atoms with van der Waals surface area (Å²) in [4.78, 5) is 41.8. The number of fused-ring (bicyclic) bond motifs is 2. The van der Waals surface area contributed by atoms with E-state index in [2.05, 4.69) is 5.32 Å². The number of likely N-dealkylation sites (N-methyl/N-ethyl adjacent to an activating group) is 1. The van der Waals surface area contributed by atoms with Crippen LogP contribution in [0.5, 0.6) is 0 Å². The lowest BCUT2D eigenvalue weighted by atomic mass is 10.1. The molecule has 0 saturated carbocycles. The normalized spacial score (nSPS) is 16.1. The predicted molar refractivity (Wildman–Crippen MR) is 115 cm³/mol. The summed E-state index contributed by atoms with van der Waals surface area (Å²) in [5.41, 5.74) is 1.26. The van der Waals surface area contributed by atoms with Gasteiger partial charge in [-0.2, -0.15) is 0 Å². The Labute approximate surface area is 172 Å². The summed E-state index contributed by atoms with van der Waals surface area (Å²) >= 11 is 1.42. The van der Waals surface area contributed by atoms with Crippen molar-refractivity contribution >= 4 is 50.5 Å². The lowest BCUT2D eigenvalue weighted by Crippen LogP contribution is -2.45. The third-order valence-corrected chi connectivity index (χ3v) is 6.09. The number of para-hydroxylation sites is 2. The SMILES string of the molecule is CC1CC(=O)Nc2ccccc2N1C(=O)CN(C)C(=O)c1cc2ccccc2s1. The van der Waals surface area contributed by atoms with Gasteiger partial charge in [0.1, 0.15) is 6.54 Å². The van der Waals surface area contributed by atoms with Crippen molar-refractivity contribution in [3.05, 3.63) is 59.5 Å². The Kier molecular flexibility index (Phi) is 5.07. The molecular weight excluding hydrogens is 386 g/mol. The molecule has 1 N–H and O–H groups in total. The molecule has 3 aromatic rings. The Bertz CT molecular complexity index is 1070. The maximum Gasteiger partial charge on any atom is 0.264 e. The molecule has 4 rings (SSSR count). The first-order valence-electron chi connectivity index (χ1n) is 9.39. The lowest BCUT2D eigenvalue weighted by Gasteiger charge is -2.29. The van der Waals surface area contributed by atoms with Gasteiger partial charge in [0.05, 0.1) is 16.3 Å². The fraction of sp³-hybridized carbons (Fsp3) is 0.227. The second kappa shape index (κ2) is 7.67. The number of thiophene rings is 1. The van der Waals surface area contributed by atoms with Crippen molar-refractivity contribution in [2.75, 3.05) is 23.8 Å². The first-order chi connectivity index (χ1) is 13.9. The molecule has 0 saturated heterocycles. The van der Waals surface area contributed by atoms with Gasteiger partial charge >= 0.3 is 0 Å². The van der Waals surface area contributed by atoms with Gasteiger partial charge in [0, 0.05) is 24.2 Å². The van der Waals surface area contributed by atoms with Gasteiger partial charge in [-0.15, -0.1) is 11.3 Å². The highest BCUT2D eigenvalue weighted by atomic mass is 32.1. The molecule has 1 aliphatic rings. The minimum Gasteiger partial charge on any atom is -0.332 e. The Morgan fingerprint density at radius 1 is 1.17 bits per heavy atom. The number of nitrogens with zero attached hydrogens (tertiary/aromatic N) is 2. The Hall–Kier alpha value is -3.19. The molecular formula is C22H21N3O3S. The average molecular weight is 407 g/mol. The van der Waals surface area contributed by atoms with Crippen LogP contribution in [-0.2, 0) is 9.59 Å². The molecule has 2 heterocycles. The fourth-order valence-electron chi connectivity index (χ4n) is 3.59. The lowest BCUT2D eigenvalue weighted by molar-refractivity contribution is -0.119. The van der Waals surface area contributed by atoms with E-state index < -0.39 is 0 Å². The number of nitrogens with one attached hydrogen (secondary N) is 1. The molecule has 1 aromatic heterocycles. The molecule has 2 aromatic carbocycles. The molecule has 1 atom stereocenters. The van der Waals surface area contributed by atoms with Crippen LogP contribution in [0.1, 0.15) is 23.0 Å². The third kappa shape index (κ3) is 3.73. The van der Waals surface area contributed by atoms with Crippen molar-refractivity contribution in [2.24, 2.45) is 0 Å². The maximum absolute atomic E-state index is 13.1. The van der Waals surface area contributed by atoms with Gasteiger partial charge < -0.3 is 15.1 Å². The number of hydrogen-bond donors (Lipinski definition) is 1. The van der Waals surface area contributed by atoms with Crippen LogP contribution in [0.25, 0.3) is 10.1 Å². The number of carbonyl (C=O) groups excluding carboxylic acids is 3. The Morgan fingerprint density at radius 2 is 1.90 bits per heavy atom. The van der Waals surface area contributed by atoms with Crippen LogP contribution in [0.15, 0.2) is 54.6 Å². The van der Waals surface area contributed by atoms with Crippen LogP contribution < -0.4 is 10.2 Å². The van der Waals surface area contributed by atoms with Crippen LogP contribution in [0.3, 0.4) is 0 Å². The molecule has 1 unspecified atom stereocenters. The first kappa shape index (κ1) is 19.1.